The van der Waals surface area contributed by atoms with Crippen molar-refractivity contribution in [3.63, 3.8) is 0 Å². The Kier molecular flexibility index (Phi) is 16.1. The molecule has 0 radical (unpaired) electrons. The van der Waals surface area contributed by atoms with E-state index in [2.05, 4.69) is 15.2 Å². The molecule has 4 rings (SSSR count). The van der Waals surface area contributed by atoms with Gasteiger partial charge in [0.25, 0.3) is 5.91 Å². The number of amides is 2. The monoisotopic (exact) mass is 758 g/mol. The van der Waals surface area contributed by atoms with E-state index in [-0.39, 0.29) is 65.3 Å². The predicted octanol–water partition coefficient (Wildman–Crippen LogP) is 7.33. The number of hydrogen-bond donors (Lipinski definition) is 2. The van der Waals surface area contributed by atoms with Crippen molar-refractivity contribution in [2.45, 2.75) is 111 Å². The molecule has 1 saturated heterocycles. The van der Waals surface area contributed by atoms with Crippen LogP contribution >= 0.6 is 11.3 Å². The van der Waals surface area contributed by atoms with Gasteiger partial charge in [0, 0.05) is 42.8 Å². The summed E-state index contributed by atoms with van der Waals surface area (Å²) >= 11 is 1.08. The Hall–Kier alpha value is -4.22. The third-order valence-electron chi connectivity index (χ3n) is 10.9. The molecule has 1 aliphatic rings. The van der Waals surface area contributed by atoms with Crippen molar-refractivity contribution in [3.8, 4) is 0 Å². The molecule has 6 atom stereocenters. The maximum absolute atomic E-state index is 14.8. The predicted molar refractivity (Wildman–Crippen MR) is 212 cm³/mol. The van der Waals surface area contributed by atoms with Crippen LogP contribution in [0.3, 0.4) is 0 Å². The second-order valence-corrected chi connectivity index (χ2v) is 16.3. The lowest BCUT2D eigenvalue weighted by Crippen LogP contribution is -2.49. The standard InChI is InChI=1S/C43H58N4O6S/c1-7-29(4)34(24-38(48)36-20-14-15-21-46(36)6)42(51)47(26-32-18-12-9-13-19-32)37(28(2)3)25-39(49)41-45-35(27-54-41)40(50)44-33(22-30(5)43(52)53)23-31-16-10-8-11-17-31/h8-13,16-19,27-30,33-34,36-37H,7,14-15,20-26H2,1-6H3,(H,44,50)(H,52,53)/t29?,30-,33+,34?,36?,37+/m0/s1. The number of carbonyl (C=O) groups excluding carboxylic acids is 4. The minimum absolute atomic E-state index is 0.00407. The average Bonchev–Trinajstić information content (AvgIpc) is 3.66. The minimum atomic E-state index is -0.942. The fourth-order valence-electron chi connectivity index (χ4n) is 7.37. The van der Waals surface area contributed by atoms with Crippen LogP contribution in [-0.4, -0.2) is 81.0 Å². The molecule has 0 saturated carbocycles. The number of carboxylic acid groups (broad SMARTS) is 1. The first-order chi connectivity index (χ1) is 25.8. The highest BCUT2D eigenvalue weighted by molar-refractivity contribution is 7.12. The number of Topliss-reactive ketones (excluding diaryl/α,β-unsaturated/α-hetero) is 2. The summed E-state index contributed by atoms with van der Waals surface area (Å²) < 4.78 is 0. The topological polar surface area (TPSA) is 137 Å². The van der Waals surface area contributed by atoms with Crippen molar-refractivity contribution < 1.29 is 29.1 Å². The maximum atomic E-state index is 14.8. The normalized spacial score (nSPS) is 17.6. The molecule has 292 valence electrons. The smallest absolute Gasteiger partial charge is 0.306 e. The van der Waals surface area contributed by atoms with E-state index >= 15 is 0 Å². The van der Waals surface area contributed by atoms with Gasteiger partial charge in [-0.1, -0.05) is 108 Å². The van der Waals surface area contributed by atoms with Crippen LogP contribution in [-0.2, 0) is 27.3 Å². The Morgan fingerprint density at radius 1 is 0.944 bits per heavy atom. The number of thiazole rings is 1. The maximum Gasteiger partial charge on any atom is 0.306 e. The summed E-state index contributed by atoms with van der Waals surface area (Å²) in [6.07, 6.45) is 4.44. The summed E-state index contributed by atoms with van der Waals surface area (Å²) in [4.78, 5) is 76.0. The summed E-state index contributed by atoms with van der Waals surface area (Å²) in [6.45, 7) is 10.8. The summed E-state index contributed by atoms with van der Waals surface area (Å²) in [5.74, 6) is -3.05. The van der Waals surface area contributed by atoms with Crippen LogP contribution in [0.4, 0.5) is 0 Å². The Morgan fingerprint density at radius 2 is 1.59 bits per heavy atom. The van der Waals surface area contributed by atoms with E-state index in [4.69, 9.17) is 0 Å². The van der Waals surface area contributed by atoms with E-state index in [1.165, 1.54) is 0 Å². The SMILES string of the molecule is CCC(C)C(CC(=O)C1CCCCN1C)C(=O)N(Cc1ccccc1)[C@H](CC(=O)c1nc(C(=O)N[C@@H](Cc2ccccc2)C[C@H](C)C(=O)O)cs1)C(C)C. The first-order valence-electron chi connectivity index (χ1n) is 19.4. The van der Waals surface area contributed by atoms with E-state index in [9.17, 15) is 29.1 Å². The Labute approximate surface area is 324 Å². The summed E-state index contributed by atoms with van der Waals surface area (Å²) in [7, 11) is 1.99. The number of likely N-dealkylation sites (tertiary alicyclic amines) is 1. The molecule has 1 aliphatic heterocycles. The van der Waals surface area contributed by atoms with Crippen molar-refractivity contribution in [2.24, 2.45) is 23.7 Å². The van der Waals surface area contributed by atoms with Gasteiger partial charge in [-0.3, -0.25) is 28.9 Å². The number of aromatic nitrogens is 1. The molecule has 0 spiro atoms. The lowest BCUT2D eigenvalue weighted by Gasteiger charge is -2.39. The number of hydrogen-bond acceptors (Lipinski definition) is 8. The molecule has 3 unspecified atom stereocenters. The highest BCUT2D eigenvalue weighted by Crippen LogP contribution is 2.30. The number of ketones is 2. The lowest BCUT2D eigenvalue weighted by molar-refractivity contribution is -0.144. The van der Waals surface area contributed by atoms with Gasteiger partial charge < -0.3 is 15.3 Å². The Balaban J connectivity index is 1.56. The minimum Gasteiger partial charge on any atom is -0.481 e. The molecule has 54 heavy (non-hydrogen) atoms. The molecule has 11 heteroatoms. The first-order valence-corrected chi connectivity index (χ1v) is 20.3. The number of nitrogens with zero attached hydrogens (tertiary/aromatic N) is 3. The van der Waals surface area contributed by atoms with Crippen LogP contribution in [0.2, 0.25) is 0 Å². The largest absolute Gasteiger partial charge is 0.481 e. The van der Waals surface area contributed by atoms with Crippen LogP contribution in [0.1, 0.15) is 111 Å². The van der Waals surface area contributed by atoms with Crippen LogP contribution in [0.5, 0.6) is 0 Å². The third-order valence-corrected chi connectivity index (χ3v) is 11.8. The van der Waals surface area contributed by atoms with Gasteiger partial charge in [-0.15, -0.1) is 11.3 Å². The molecule has 0 aliphatic carbocycles. The molecule has 2 N–H and O–H groups in total. The molecule has 1 fully saturated rings. The van der Waals surface area contributed by atoms with Crippen LogP contribution in [0.25, 0.3) is 0 Å². The van der Waals surface area contributed by atoms with Crippen molar-refractivity contribution in [1.82, 2.24) is 20.1 Å². The summed E-state index contributed by atoms with van der Waals surface area (Å²) in [5, 5.41) is 14.2. The van der Waals surface area contributed by atoms with E-state index in [0.29, 0.717) is 13.0 Å². The van der Waals surface area contributed by atoms with Crippen molar-refractivity contribution in [2.75, 3.05) is 13.6 Å². The highest BCUT2D eigenvalue weighted by atomic mass is 32.1. The van der Waals surface area contributed by atoms with Gasteiger partial charge in [0.05, 0.1) is 12.0 Å². The Bertz CT molecular complexity index is 1700. The zero-order valence-electron chi connectivity index (χ0n) is 32.7. The zero-order chi connectivity index (χ0) is 39.4. The Morgan fingerprint density at radius 3 is 2.19 bits per heavy atom. The fraction of sp³-hybridized carbons (Fsp3) is 0.535. The first kappa shape index (κ1) is 42.5. The molecular weight excluding hydrogens is 701 g/mol. The van der Waals surface area contributed by atoms with Gasteiger partial charge in [-0.05, 0) is 62.2 Å². The quantitative estimate of drug-likeness (QED) is 0.114. The molecule has 0 bridgehead atoms. The molecule has 2 amide bonds. The summed E-state index contributed by atoms with van der Waals surface area (Å²) in [6, 6.07) is 18.1. The van der Waals surface area contributed by atoms with Gasteiger partial charge in [0.15, 0.2) is 16.6 Å². The average molecular weight is 759 g/mol. The number of benzene rings is 2. The van der Waals surface area contributed by atoms with Crippen LogP contribution < -0.4 is 5.32 Å². The second-order valence-electron chi connectivity index (χ2n) is 15.4. The lowest BCUT2D eigenvalue weighted by atomic mass is 9.82. The van der Waals surface area contributed by atoms with E-state index in [0.717, 1.165) is 54.7 Å². The number of carboxylic acids is 1. The van der Waals surface area contributed by atoms with Gasteiger partial charge in [-0.25, -0.2) is 4.98 Å². The number of likely N-dealkylation sites (N-methyl/N-ethyl adjacent to an activating group) is 1. The van der Waals surface area contributed by atoms with Crippen LogP contribution in [0.15, 0.2) is 66.0 Å². The summed E-state index contributed by atoms with van der Waals surface area (Å²) in [5.41, 5.74) is 1.98. The van der Waals surface area contributed by atoms with Crippen LogP contribution in [0, 0.1) is 23.7 Å². The molecule has 10 nitrogen and oxygen atoms in total. The third kappa shape index (κ3) is 11.9. The molecule has 2 aromatic carbocycles. The van der Waals surface area contributed by atoms with E-state index < -0.39 is 35.8 Å². The number of aliphatic carboxylic acids is 1. The number of rotatable bonds is 20. The molecular formula is C43H58N4O6S. The molecule has 1 aromatic heterocycles. The van der Waals surface area contributed by atoms with E-state index in [1.807, 2.05) is 100 Å². The van der Waals surface area contributed by atoms with Crippen molar-refractivity contribution >= 4 is 40.7 Å². The fourth-order valence-corrected chi connectivity index (χ4v) is 8.12. The van der Waals surface area contributed by atoms with Gasteiger partial charge >= 0.3 is 5.97 Å². The number of nitrogens with one attached hydrogen (secondary N) is 1. The van der Waals surface area contributed by atoms with E-state index in [1.54, 1.807) is 12.3 Å². The second kappa shape index (κ2) is 20.5. The highest BCUT2D eigenvalue weighted by Gasteiger charge is 2.38. The zero-order valence-corrected chi connectivity index (χ0v) is 33.5. The molecule has 3 aromatic rings. The number of carbonyl (C=O) groups is 5. The van der Waals surface area contributed by atoms with Crippen molar-refractivity contribution in [3.05, 3.63) is 87.9 Å². The van der Waals surface area contributed by atoms with Crippen molar-refractivity contribution in [1.29, 1.82) is 0 Å². The van der Waals surface area contributed by atoms with Gasteiger partial charge in [0.2, 0.25) is 5.91 Å². The van der Waals surface area contributed by atoms with Gasteiger partial charge in [0.1, 0.15) is 5.69 Å². The number of piperidine rings is 1. The molecule has 2 heterocycles. The van der Waals surface area contributed by atoms with Gasteiger partial charge in [-0.2, -0.15) is 0 Å².